The molecule has 2 N–H and O–H groups in total. The summed E-state index contributed by atoms with van der Waals surface area (Å²) < 4.78 is 25.9. The number of aromatic nitrogens is 2. The third-order valence-corrected chi connectivity index (χ3v) is 6.79. The Labute approximate surface area is 210 Å². The molecule has 1 amide bonds. The van der Waals surface area contributed by atoms with E-state index in [1.165, 1.54) is 0 Å². The smallest absolute Gasteiger partial charge is 0.410 e. The molecule has 10 heteroatoms. The van der Waals surface area contributed by atoms with Gasteiger partial charge in [0.25, 0.3) is 0 Å². The van der Waals surface area contributed by atoms with Crippen LogP contribution in [0.2, 0.25) is 0 Å². The van der Waals surface area contributed by atoms with Crippen molar-refractivity contribution in [2.75, 3.05) is 36.9 Å². The van der Waals surface area contributed by atoms with Crippen molar-refractivity contribution in [2.45, 2.75) is 57.8 Å². The predicted molar refractivity (Wildman–Crippen MR) is 139 cm³/mol. The summed E-state index contributed by atoms with van der Waals surface area (Å²) in [6.07, 6.45) is 3.71. The summed E-state index contributed by atoms with van der Waals surface area (Å²) in [5, 5.41) is 2.99. The van der Waals surface area contributed by atoms with E-state index in [0.717, 1.165) is 36.5 Å². The van der Waals surface area contributed by atoms with Gasteiger partial charge in [0.15, 0.2) is 11.1 Å². The van der Waals surface area contributed by atoms with E-state index >= 15 is 0 Å². The van der Waals surface area contributed by atoms with Gasteiger partial charge in [0.05, 0.1) is 5.25 Å². The highest BCUT2D eigenvalue weighted by Gasteiger charge is 2.27. The van der Waals surface area contributed by atoms with Crippen LogP contribution in [-0.4, -0.2) is 67.3 Å². The van der Waals surface area contributed by atoms with E-state index < -0.39 is 16.7 Å². The number of rotatable bonds is 8. The van der Waals surface area contributed by atoms with E-state index in [0.29, 0.717) is 31.2 Å². The van der Waals surface area contributed by atoms with Gasteiger partial charge < -0.3 is 24.4 Å². The van der Waals surface area contributed by atoms with Gasteiger partial charge in [0, 0.05) is 38.4 Å². The van der Waals surface area contributed by atoms with Crippen molar-refractivity contribution in [1.82, 2.24) is 14.9 Å². The molecule has 0 radical (unpaired) electrons. The van der Waals surface area contributed by atoms with Crippen LogP contribution in [0.5, 0.6) is 0 Å². The number of ether oxygens (including phenoxy) is 1. The molecule has 1 aliphatic rings. The van der Waals surface area contributed by atoms with Crippen LogP contribution in [0.15, 0.2) is 36.7 Å². The van der Waals surface area contributed by atoms with Crippen molar-refractivity contribution >= 4 is 34.5 Å². The maximum absolute atomic E-state index is 12.3. The summed E-state index contributed by atoms with van der Waals surface area (Å²) in [7, 11) is 2.02. The van der Waals surface area contributed by atoms with Crippen LogP contribution >= 0.6 is 0 Å². The molecule has 2 unspecified atom stereocenters. The third-order valence-electron chi connectivity index (χ3n) is 5.94. The van der Waals surface area contributed by atoms with E-state index in [4.69, 9.17) is 4.74 Å². The number of hydrogen-bond donors (Lipinski definition) is 2. The van der Waals surface area contributed by atoms with Crippen LogP contribution in [-0.2, 0) is 22.2 Å². The Hall–Kier alpha value is -2.72. The topological polar surface area (TPSA) is 108 Å². The first-order valence-electron chi connectivity index (χ1n) is 12.0. The number of hydrogen-bond acceptors (Lipinski definition) is 7. The largest absolute Gasteiger partial charge is 0.444 e. The number of likely N-dealkylation sites (tertiary alicyclic amines) is 1. The molecule has 0 spiro atoms. The molecule has 1 aromatic carbocycles. The molecule has 0 aliphatic carbocycles. The molecular formula is C25H37N5O4S. The lowest BCUT2D eigenvalue weighted by Crippen LogP contribution is -2.43. The predicted octanol–water partition coefficient (Wildman–Crippen LogP) is 4.46. The van der Waals surface area contributed by atoms with Crippen molar-refractivity contribution in [3.05, 3.63) is 42.2 Å². The van der Waals surface area contributed by atoms with E-state index in [1.807, 2.05) is 58.2 Å². The maximum Gasteiger partial charge on any atom is 0.410 e. The second-order valence-electron chi connectivity index (χ2n) is 10.2. The first kappa shape index (κ1) is 26.9. The Balaban J connectivity index is 1.52. The fourth-order valence-electron chi connectivity index (χ4n) is 4.00. The molecule has 1 saturated heterocycles. The van der Waals surface area contributed by atoms with Gasteiger partial charge in [-0.1, -0.05) is 12.1 Å². The molecule has 2 heterocycles. The molecule has 9 nitrogen and oxygen atoms in total. The van der Waals surface area contributed by atoms with Crippen molar-refractivity contribution in [2.24, 2.45) is 5.92 Å². The Morgan fingerprint density at radius 3 is 2.51 bits per heavy atom. The minimum atomic E-state index is -1.83. The minimum absolute atomic E-state index is 0.235. The average Bonchev–Trinajstić information content (AvgIpc) is 2.80. The molecule has 1 aromatic heterocycles. The Morgan fingerprint density at radius 1 is 1.26 bits per heavy atom. The van der Waals surface area contributed by atoms with Crippen LogP contribution < -0.4 is 10.2 Å². The highest BCUT2D eigenvalue weighted by Crippen LogP contribution is 2.24. The molecule has 192 valence electrons. The first-order valence-corrected chi connectivity index (χ1v) is 13.1. The lowest BCUT2D eigenvalue weighted by atomic mass is 9.96. The highest BCUT2D eigenvalue weighted by atomic mass is 32.2. The molecule has 2 aromatic rings. The molecule has 35 heavy (non-hydrogen) atoms. The van der Waals surface area contributed by atoms with Crippen molar-refractivity contribution in [3.63, 3.8) is 0 Å². The molecule has 3 rings (SSSR count). The van der Waals surface area contributed by atoms with Gasteiger partial charge in [-0.3, -0.25) is 0 Å². The fraction of sp³-hybridized carbons (Fsp3) is 0.560. The number of benzene rings is 1. The maximum atomic E-state index is 12.3. The molecule has 2 atom stereocenters. The van der Waals surface area contributed by atoms with Gasteiger partial charge in [-0.15, -0.1) is 0 Å². The Morgan fingerprint density at radius 2 is 1.91 bits per heavy atom. The second-order valence-corrected chi connectivity index (χ2v) is 11.5. The van der Waals surface area contributed by atoms with Crippen LogP contribution in [0.3, 0.4) is 0 Å². The Bertz CT molecular complexity index is 1000. The average molecular weight is 504 g/mol. The van der Waals surface area contributed by atoms with Crippen LogP contribution in [0.1, 0.15) is 46.1 Å². The monoisotopic (exact) mass is 503 g/mol. The number of anilines is 3. The van der Waals surface area contributed by atoms with Crippen LogP contribution in [0.4, 0.5) is 22.1 Å². The van der Waals surface area contributed by atoms with Crippen molar-refractivity contribution < 1.29 is 18.3 Å². The summed E-state index contributed by atoms with van der Waals surface area (Å²) in [6.45, 7) is 9.66. The zero-order chi connectivity index (χ0) is 25.6. The van der Waals surface area contributed by atoms with Crippen molar-refractivity contribution in [3.8, 4) is 0 Å². The van der Waals surface area contributed by atoms with Crippen LogP contribution in [0, 0.1) is 5.92 Å². The standard InChI is InChI=1S/C25H37N5O4S/c1-18(35(32)33)14-19-6-8-21(9-7-19)28-22-15-23(27-17-26-22)29(5)16-20-10-12-30(13-11-20)24(31)34-25(2,3)4/h6-9,15,17-18,20H,10-14,16H2,1-5H3,(H,32,33)(H,26,27,28). The summed E-state index contributed by atoms with van der Waals surface area (Å²) in [5.41, 5.74) is 1.41. The lowest BCUT2D eigenvalue weighted by molar-refractivity contribution is 0.0186. The van der Waals surface area contributed by atoms with E-state index in [1.54, 1.807) is 18.2 Å². The van der Waals surface area contributed by atoms with Gasteiger partial charge >= 0.3 is 6.09 Å². The molecule has 1 aliphatic heterocycles. The number of amides is 1. The summed E-state index contributed by atoms with van der Waals surface area (Å²) in [5.74, 6) is 1.99. The number of carbonyl (C=O) groups excluding carboxylic acids is 1. The zero-order valence-corrected chi connectivity index (χ0v) is 22.0. The second kappa shape index (κ2) is 11.8. The number of piperidine rings is 1. The molecule has 0 saturated carbocycles. The van der Waals surface area contributed by atoms with Gasteiger partial charge in [-0.25, -0.2) is 19.0 Å². The van der Waals surface area contributed by atoms with Gasteiger partial charge in [0.2, 0.25) is 0 Å². The van der Waals surface area contributed by atoms with E-state index in [9.17, 15) is 13.6 Å². The van der Waals surface area contributed by atoms with E-state index in [-0.39, 0.29) is 11.3 Å². The summed E-state index contributed by atoms with van der Waals surface area (Å²) in [6, 6.07) is 9.69. The lowest BCUT2D eigenvalue weighted by Gasteiger charge is -2.35. The Kier molecular flexibility index (Phi) is 9.07. The molecular weight excluding hydrogens is 466 g/mol. The quantitative estimate of drug-likeness (QED) is 0.509. The first-order chi connectivity index (χ1) is 16.5. The fourth-order valence-corrected chi connectivity index (χ4v) is 4.34. The summed E-state index contributed by atoms with van der Waals surface area (Å²) >= 11 is -1.83. The van der Waals surface area contributed by atoms with E-state index in [2.05, 4.69) is 20.2 Å². The number of nitrogens with one attached hydrogen (secondary N) is 1. The highest BCUT2D eigenvalue weighted by molar-refractivity contribution is 7.79. The third kappa shape index (κ3) is 8.47. The SMILES string of the molecule is CC(Cc1ccc(Nc2cc(N(C)CC3CCN(C(=O)OC(C)(C)C)CC3)ncn2)cc1)S(=O)O. The van der Waals surface area contributed by atoms with Gasteiger partial charge in [-0.05, 0) is 70.6 Å². The molecule has 0 bridgehead atoms. The minimum Gasteiger partial charge on any atom is -0.444 e. The number of carbonyl (C=O) groups is 1. The van der Waals surface area contributed by atoms with Crippen molar-refractivity contribution in [1.29, 1.82) is 0 Å². The zero-order valence-electron chi connectivity index (χ0n) is 21.2. The van der Waals surface area contributed by atoms with Crippen LogP contribution in [0.25, 0.3) is 0 Å². The number of nitrogens with zero attached hydrogens (tertiary/aromatic N) is 4. The van der Waals surface area contributed by atoms with Gasteiger partial charge in [-0.2, -0.15) is 0 Å². The molecule has 1 fully saturated rings. The summed E-state index contributed by atoms with van der Waals surface area (Å²) in [4.78, 5) is 25.0. The normalized spacial score (nSPS) is 16.5. The van der Waals surface area contributed by atoms with Gasteiger partial charge in [0.1, 0.15) is 23.6 Å².